The number of carbonyl (C=O) groups is 3. The minimum absolute atomic E-state index is 0.0892. The van der Waals surface area contributed by atoms with Crippen molar-refractivity contribution in [2.45, 2.75) is 264 Å². The van der Waals surface area contributed by atoms with E-state index in [0.29, 0.717) is 19.3 Å². The zero-order chi connectivity index (χ0) is 45.1. The SMILES string of the molecule is CC/C=C\C/C=C\CCCCC(=O)OCC(COC(=O)CCCCCCCCCCCC/C=C\C=C/CCCCC)OC(=O)CCCCCCC/C=C\CCCCCCCCC. The Kier molecular flexibility index (Phi) is 48.4. The van der Waals surface area contributed by atoms with Gasteiger partial charge in [-0.15, -0.1) is 0 Å². The number of esters is 3. The highest BCUT2D eigenvalue weighted by Crippen LogP contribution is 2.15. The lowest BCUT2D eigenvalue weighted by molar-refractivity contribution is -0.167. The number of carbonyl (C=O) groups excluding carboxylic acids is 3. The lowest BCUT2D eigenvalue weighted by Crippen LogP contribution is -2.30. The summed E-state index contributed by atoms with van der Waals surface area (Å²) in [4.78, 5) is 37.9. The van der Waals surface area contributed by atoms with E-state index < -0.39 is 6.10 Å². The molecule has 0 aliphatic carbocycles. The third-order valence-corrected chi connectivity index (χ3v) is 11.3. The van der Waals surface area contributed by atoms with Crippen molar-refractivity contribution in [2.24, 2.45) is 0 Å². The smallest absolute Gasteiger partial charge is 0.306 e. The molecule has 0 aromatic rings. The molecule has 358 valence electrons. The maximum atomic E-state index is 12.8. The van der Waals surface area contributed by atoms with Gasteiger partial charge in [0.15, 0.2) is 6.10 Å². The van der Waals surface area contributed by atoms with Crippen LogP contribution in [0.15, 0.2) is 60.8 Å². The fourth-order valence-corrected chi connectivity index (χ4v) is 7.29. The van der Waals surface area contributed by atoms with Crippen LogP contribution in [0.1, 0.15) is 258 Å². The maximum absolute atomic E-state index is 12.8. The molecule has 0 aromatic carbocycles. The van der Waals surface area contributed by atoms with Gasteiger partial charge in [-0.1, -0.05) is 204 Å². The van der Waals surface area contributed by atoms with Crippen molar-refractivity contribution >= 4 is 17.9 Å². The number of rotatable bonds is 47. The number of hydrogen-bond donors (Lipinski definition) is 0. The van der Waals surface area contributed by atoms with Crippen molar-refractivity contribution in [3.63, 3.8) is 0 Å². The molecule has 0 N–H and O–H groups in total. The molecule has 0 saturated carbocycles. The van der Waals surface area contributed by atoms with Crippen molar-refractivity contribution in [3.05, 3.63) is 60.8 Å². The monoisotopic (exact) mass is 867 g/mol. The van der Waals surface area contributed by atoms with Crippen LogP contribution >= 0.6 is 0 Å². The molecule has 62 heavy (non-hydrogen) atoms. The van der Waals surface area contributed by atoms with Crippen LogP contribution in [0.3, 0.4) is 0 Å². The van der Waals surface area contributed by atoms with E-state index in [9.17, 15) is 14.4 Å². The molecule has 1 unspecified atom stereocenters. The third kappa shape index (κ3) is 48.1. The molecule has 1 atom stereocenters. The van der Waals surface area contributed by atoms with Crippen LogP contribution in [0.5, 0.6) is 0 Å². The molecule has 0 rings (SSSR count). The van der Waals surface area contributed by atoms with Crippen LogP contribution in [0.25, 0.3) is 0 Å². The first-order chi connectivity index (χ1) is 30.5. The summed E-state index contributed by atoms with van der Waals surface area (Å²) >= 11 is 0. The number of ether oxygens (including phenoxy) is 3. The molecule has 0 amide bonds. The van der Waals surface area contributed by atoms with Crippen LogP contribution in [0, 0.1) is 0 Å². The summed E-state index contributed by atoms with van der Waals surface area (Å²) < 4.78 is 16.7. The fourth-order valence-electron chi connectivity index (χ4n) is 7.29. The Morgan fingerprint density at radius 1 is 0.355 bits per heavy atom. The predicted molar refractivity (Wildman–Crippen MR) is 265 cm³/mol. The highest BCUT2D eigenvalue weighted by molar-refractivity contribution is 5.71. The first kappa shape index (κ1) is 59.1. The topological polar surface area (TPSA) is 78.9 Å². The minimum atomic E-state index is -0.791. The summed E-state index contributed by atoms with van der Waals surface area (Å²) in [6, 6.07) is 0. The number of hydrogen-bond acceptors (Lipinski definition) is 6. The highest BCUT2D eigenvalue weighted by Gasteiger charge is 2.19. The first-order valence-corrected chi connectivity index (χ1v) is 26.3. The molecular formula is C56H98O6. The molecule has 0 heterocycles. The second kappa shape index (κ2) is 50.8. The molecule has 0 spiro atoms. The summed E-state index contributed by atoms with van der Waals surface area (Å²) in [6.45, 7) is 6.45. The van der Waals surface area contributed by atoms with Gasteiger partial charge in [-0.3, -0.25) is 14.4 Å². The van der Waals surface area contributed by atoms with Crippen molar-refractivity contribution in [2.75, 3.05) is 13.2 Å². The van der Waals surface area contributed by atoms with E-state index in [2.05, 4.69) is 81.5 Å². The number of unbranched alkanes of at least 4 members (excludes halogenated alkanes) is 27. The molecule has 0 bridgehead atoms. The third-order valence-electron chi connectivity index (χ3n) is 11.3. The van der Waals surface area contributed by atoms with E-state index in [1.165, 1.54) is 135 Å². The average Bonchev–Trinajstić information content (AvgIpc) is 3.27. The lowest BCUT2D eigenvalue weighted by atomic mass is 10.1. The van der Waals surface area contributed by atoms with Gasteiger partial charge >= 0.3 is 17.9 Å². The van der Waals surface area contributed by atoms with E-state index in [0.717, 1.165) is 83.5 Å². The van der Waals surface area contributed by atoms with Crippen LogP contribution in [-0.2, 0) is 28.6 Å². The second-order valence-electron chi connectivity index (χ2n) is 17.4. The summed E-state index contributed by atoms with van der Waals surface area (Å²) in [6.07, 6.45) is 62.2. The first-order valence-electron chi connectivity index (χ1n) is 26.3. The molecule has 0 radical (unpaired) electrons. The summed E-state index contributed by atoms with van der Waals surface area (Å²) in [7, 11) is 0. The van der Waals surface area contributed by atoms with Crippen LogP contribution in [-0.4, -0.2) is 37.2 Å². The predicted octanol–water partition coefficient (Wildman–Crippen LogP) is 17.3. The molecule has 0 aromatic heterocycles. The lowest BCUT2D eigenvalue weighted by Gasteiger charge is -2.18. The van der Waals surface area contributed by atoms with Gasteiger partial charge in [-0.2, -0.15) is 0 Å². The second-order valence-corrected chi connectivity index (χ2v) is 17.4. The van der Waals surface area contributed by atoms with Crippen molar-refractivity contribution in [3.8, 4) is 0 Å². The van der Waals surface area contributed by atoms with Gasteiger partial charge in [-0.05, 0) is 96.3 Å². The Morgan fingerprint density at radius 2 is 0.677 bits per heavy atom. The fraction of sp³-hybridized carbons (Fsp3) is 0.768. The van der Waals surface area contributed by atoms with Gasteiger partial charge in [0.05, 0.1) is 0 Å². The Balaban J connectivity index is 4.32. The van der Waals surface area contributed by atoms with Crippen LogP contribution in [0.2, 0.25) is 0 Å². The van der Waals surface area contributed by atoms with E-state index in [4.69, 9.17) is 14.2 Å². The summed E-state index contributed by atoms with van der Waals surface area (Å²) in [5, 5.41) is 0. The largest absolute Gasteiger partial charge is 0.462 e. The van der Waals surface area contributed by atoms with E-state index in [1.54, 1.807) is 0 Å². The molecule has 0 aliphatic rings. The summed E-state index contributed by atoms with van der Waals surface area (Å²) in [5.41, 5.74) is 0. The Morgan fingerprint density at radius 3 is 1.15 bits per heavy atom. The van der Waals surface area contributed by atoms with Gasteiger partial charge < -0.3 is 14.2 Å². The zero-order valence-electron chi connectivity index (χ0n) is 40.9. The molecule has 6 nitrogen and oxygen atoms in total. The van der Waals surface area contributed by atoms with E-state index >= 15 is 0 Å². The van der Waals surface area contributed by atoms with Gasteiger partial charge in [0.25, 0.3) is 0 Å². The highest BCUT2D eigenvalue weighted by atomic mass is 16.6. The Hall–Kier alpha value is -2.89. The Bertz CT molecular complexity index is 1130. The molecule has 0 saturated heterocycles. The minimum Gasteiger partial charge on any atom is -0.462 e. The molecular weight excluding hydrogens is 769 g/mol. The molecule has 0 fully saturated rings. The van der Waals surface area contributed by atoms with Crippen molar-refractivity contribution in [1.82, 2.24) is 0 Å². The molecule has 6 heteroatoms. The quantitative estimate of drug-likeness (QED) is 0.0199. The van der Waals surface area contributed by atoms with Crippen LogP contribution in [0.4, 0.5) is 0 Å². The van der Waals surface area contributed by atoms with Gasteiger partial charge in [0, 0.05) is 19.3 Å². The zero-order valence-corrected chi connectivity index (χ0v) is 40.9. The maximum Gasteiger partial charge on any atom is 0.306 e. The van der Waals surface area contributed by atoms with Gasteiger partial charge in [-0.25, -0.2) is 0 Å². The Labute approximate surface area is 383 Å². The van der Waals surface area contributed by atoms with Crippen molar-refractivity contribution < 1.29 is 28.6 Å². The van der Waals surface area contributed by atoms with Crippen molar-refractivity contribution in [1.29, 1.82) is 0 Å². The van der Waals surface area contributed by atoms with E-state index in [1.807, 2.05) is 0 Å². The summed E-state index contributed by atoms with van der Waals surface area (Å²) in [5.74, 6) is -0.935. The van der Waals surface area contributed by atoms with E-state index in [-0.39, 0.29) is 31.1 Å². The van der Waals surface area contributed by atoms with Crippen LogP contribution < -0.4 is 0 Å². The standard InChI is InChI=1S/C56H98O6/c1-4-7-10-13-16-19-21-23-25-27-28-29-31-32-34-37-40-43-46-49-55(58)61-52-53(51-60-54(57)48-45-42-39-36-18-15-12-9-6-3)62-56(59)50-47-44-41-38-35-33-30-26-24-22-20-17-14-11-8-5-2/h9,12,16,18-19,21,23,26,30,36,53H,4-8,10-11,13-15,17,20,22,24-25,27-29,31-35,37-52H2,1-3H3/b12-9-,19-16-,23-21-,30-26-,36-18-. The number of allylic oxidation sites excluding steroid dienone is 10. The normalized spacial score (nSPS) is 12.5. The van der Waals surface area contributed by atoms with Gasteiger partial charge in [0.1, 0.15) is 13.2 Å². The average molecular weight is 867 g/mol. The molecule has 0 aliphatic heterocycles. The van der Waals surface area contributed by atoms with Gasteiger partial charge in [0.2, 0.25) is 0 Å².